The maximum atomic E-state index is 13.2. The molecule has 2 aromatic rings. The summed E-state index contributed by atoms with van der Waals surface area (Å²) in [6, 6.07) is 6.11. The highest BCUT2D eigenvalue weighted by Crippen LogP contribution is 2.26. The third-order valence-corrected chi connectivity index (χ3v) is 6.60. The van der Waals surface area contributed by atoms with E-state index >= 15 is 0 Å². The Hall–Kier alpha value is -2.36. The molecular weight excluding hydrogens is 428 g/mol. The molecule has 0 aromatic heterocycles. The lowest BCUT2D eigenvalue weighted by molar-refractivity contribution is 0.0474. The van der Waals surface area contributed by atoms with Gasteiger partial charge in [-0.1, -0.05) is 25.4 Å². The Morgan fingerprint density at radius 1 is 1.00 bits per heavy atom. The van der Waals surface area contributed by atoms with Crippen LogP contribution < -0.4 is 0 Å². The van der Waals surface area contributed by atoms with Gasteiger partial charge in [-0.15, -0.1) is 0 Å². The molecule has 0 aliphatic carbocycles. The Kier molecular flexibility index (Phi) is 7.45. The minimum Gasteiger partial charge on any atom is -0.454 e. The van der Waals surface area contributed by atoms with Gasteiger partial charge in [0.05, 0.1) is 10.6 Å². The van der Waals surface area contributed by atoms with Crippen LogP contribution in [0.3, 0.4) is 0 Å². The van der Waals surface area contributed by atoms with Crippen molar-refractivity contribution < 1.29 is 31.5 Å². The molecule has 0 aliphatic rings. The van der Waals surface area contributed by atoms with Crippen LogP contribution in [-0.4, -0.2) is 44.2 Å². The highest BCUT2D eigenvalue weighted by Gasteiger charge is 2.26. The van der Waals surface area contributed by atoms with Crippen molar-refractivity contribution in [3.8, 4) is 0 Å². The van der Waals surface area contributed by atoms with E-state index in [4.69, 9.17) is 16.3 Å². The molecule has 0 amide bonds. The number of carbonyl (C=O) groups excluding carboxylic acids is 2. The zero-order valence-electron chi connectivity index (χ0n) is 15.6. The Balaban J connectivity index is 2.19. The second kappa shape index (κ2) is 9.43. The number of sulfonamides is 1. The smallest absolute Gasteiger partial charge is 0.338 e. The molecule has 6 nitrogen and oxygen atoms in total. The predicted molar refractivity (Wildman–Crippen MR) is 103 cm³/mol. The molecule has 10 heteroatoms. The van der Waals surface area contributed by atoms with Gasteiger partial charge in [0.15, 0.2) is 24.0 Å². The van der Waals surface area contributed by atoms with Crippen LogP contribution in [-0.2, 0) is 14.8 Å². The molecule has 2 aromatic carbocycles. The van der Waals surface area contributed by atoms with Gasteiger partial charge >= 0.3 is 5.97 Å². The van der Waals surface area contributed by atoms with Crippen LogP contribution in [0.2, 0.25) is 5.02 Å². The molecule has 29 heavy (non-hydrogen) atoms. The van der Waals surface area contributed by atoms with Crippen LogP contribution in [0.4, 0.5) is 8.78 Å². The highest BCUT2D eigenvalue weighted by molar-refractivity contribution is 7.89. The lowest BCUT2D eigenvalue weighted by Crippen LogP contribution is -2.31. The van der Waals surface area contributed by atoms with Crippen molar-refractivity contribution in [1.82, 2.24) is 4.31 Å². The molecule has 0 spiro atoms. The molecule has 0 radical (unpaired) electrons. The number of Topliss-reactive ketones (excluding diaryl/α,β-unsaturated/α-hetero) is 1. The molecule has 0 bridgehead atoms. The summed E-state index contributed by atoms with van der Waals surface area (Å²) in [5.41, 5.74) is -0.296. The van der Waals surface area contributed by atoms with Gasteiger partial charge < -0.3 is 4.74 Å². The van der Waals surface area contributed by atoms with Crippen molar-refractivity contribution in [2.45, 2.75) is 18.7 Å². The molecule has 2 rings (SSSR count). The number of benzene rings is 2. The van der Waals surface area contributed by atoms with E-state index in [-0.39, 0.29) is 34.1 Å². The van der Waals surface area contributed by atoms with Crippen molar-refractivity contribution in [3.05, 3.63) is 64.2 Å². The van der Waals surface area contributed by atoms with Crippen molar-refractivity contribution in [2.75, 3.05) is 19.7 Å². The molecule has 0 saturated heterocycles. The first-order valence-electron chi connectivity index (χ1n) is 8.56. The van der Waals surface area contributed by atoms with E-state index in [0.717, 1.165) is 18.2 Å². The highest BCUT2D eigenvalue weighted by atomic mass is 35.5. The van der Waals surface area contributed by atoms with Crippen LogP contribution in [0, 0.1) is 11.6 Å². The molecule has 156 valence electrons. The zero-order chi connectivity index (χ0) is 21.8. The minimum atomic E-state index is -3.92. The third kappa shape index (κ3) is 5.17. The summed E-state index contributed by atoms with van der Waals surface area (Å²) in [4.78, 5) is 24.0. The summed E-state index contributed by atoms with van der Waals surface area (Å²) in [6.07, 6.45) is 0. The van der Waals surface area contributed by atoms with E-state index in [2.05, 4.69) is 0 Å². The van der Waals surface area contributed by atoms with E-state index < -0.39 is 40.0 Å². The second-order valence-corrected chi connectivity index (χ2v) is 8.18. The van der Waals surface area contributed by atoms with Gasteiger partial charge in [0.25, 0.3) is 0 Å². The molecule has 0 fully saturated rings. The normalized spacial score (nSPS) is 11.5. The van der Waals surface area contributed by atoms with Crippen LogP contribution >= 0.6 is 11.6 Å². The van der Waals surface area contributed by atoms with Crippen molar-refractivity contribution >= 4 is 33.4 Å². The fourth-order valence-corrected chi connectivity index (χ4v) is 4.46. The lowest BCUT2D eigenvalue weighted by atomic mass is 10.1. The maximum absolute atomic E-state index is 13.2. The number of nitrogens with zero attached hydrogens (tertiary/aromatic N) is 1. The zero-order valence-corrected chi connectivity index (χ0v) is 17.2. The second-order valence-electron chi connectivity index (χ2n) is 5.86. The van der Waals surface area contributed by atoms with E-state index in [1.165, 1.54) is 16.4 Å². The van der Waals surface area contributed by atoms with E-state index in [0.29, 0.717) is 6.07 Å². The molecule has 0 aliphatic heterocycles. The Morgan fingerprint density at radius 2 is 1.62 bits per heavy atom. The first-order valence-corrected chi connectivity index (χ1v) is 10.4. The van der Waals surface area contributed by atoms with Crippen molar-refractivity contribution in [1.29, 1.82) is 0 Å². The standard InChI is InChI=1S/C19H18ClF2NO5S/c1-3-23(4-2)29(26,27)18-10-13(5-7-14(18)20)19(25)28-11-17(24)12-6-8-15(21)16(22)9-12/h5-10H,3-4,11H2,1-2H3. The first-order chi connectivity index (χ1) is 13.6. The summed E-state index contributed by atoms with van der Waals surface area (Å²) in [6.45, 7) is 3.03. The van der Waals surface area contributed by atoms with Gasteiger partial charge in [-0.05, 0) is 36.4 Å². The Labute approximate surface area is 172 Å². The summed E-state index contributed by atoms with van der Waals surface area (Å²) in [7, 11) is -3.92. The quantitative estimate of drug-likeness (QED) is 0.457. The third-order valence-electron chi connectivity index (χ3n) is 4.07. The Morgan fingerprint density at radius 3 is 2.21 bits per heavy atom. The number of ketones is 1. The van der Waals surface area contributed by atoms with Crippen LogP contribution in [0.15, 0.2) is 41.3 Å². The van der Waals surface area contributed by atoms with Gasteiger partial charge in [-0.2, -0.15) is 4.31 Å². The predicted octanol–water partition coefficient (Wildman–Crippen LogP) is 3.69. The van der Waals surface area contributed by atoms with Crippen molar-refractivity contribution in [2.24, 2.45) is 0 Å². The van der Waals surface area contributed by atoms with E-state index in [9.17, 15) is 26.8 Å². The summed E-state index contributed by atoms with van der Waals surface area (Å²) >= 11 is 6.00. The largest absolute Gasteiger partial charge is 0.454 e. The summed E-state index contributed by atoms with van der Waals surface area (Å²) in [5, 5.41) is -0.0636. The monoisotopic (exact) mass is 445 g/mol. The average Bonchev–Trinajstić information content (AvgIpc) is 2.68. The first kappa shape index (κ1) is 22.9. The van der Waals surface area contributed by atoms with Gasteiger partial charge in [-0.25, -0.2) is 22.0 Å². The fourth-order valence-electron chi connectivity index (χ4n) is 2.50. The average molecular weight is 446 g/mol. The van der Waals surface area contributed by atoms with Crippen molar-refractivity contribution in [3.63, 3.8) is 0 Å². The van der Waals surface area contributed by atoms with Crippen LogP contribution in [0.1, 0.15) is 34.6 Å². The lowest BCUT2D eigenvalue weighted by Gasteiger charge is -2.19. The van der Waals surface area contributed by atoms with Gasteiger partial charge in [0, 0.05) is 18.7 Å². The summed E-state index contributed by atoms with van der Waals surface area (Å²) < 4.78 is 57.5. The van der Waals surface area contributed by atoms with E-state index in [1.54, 1.807) is 13.8 Å². The molecule has 0 unspecified atom stereocenters. The van der Waals surface area contributed by atoms with Gasteiger partial charge in [0.1, 0.15) is 4.90 Å². The molecule has 0 N–H and O–H groups in total. The molecule has 0 heterocycles. The molecule has 0 atom stereocenters. The number of halogens is 3. The fraction of sp³-hybridized carbons (Fsp3) is 0.263. The number of ether oxygens (including phenoxy) is 1. The van der Waals surface area contributed by atoms with E-state index in [1.807, 2.05) is 0 Å². The summed E-state index contributed by atoms with van der Waals surface area (Å²) in [5.74, 6) is -4.02. The molecular formula is C19H18ClF2NO5S. The topological polar surface area (TPSA) is 80.8 Å². The number of hydrogen-bond acceptors (Lipinski definition) is 5. The maximum Gasteiger partial charge on any atom is 0.338 e. The number of carbonyl (C=O) groups is 2. The van der Waals surface area contributed by atoms with Crippen LogP contribution in [0.5, 0.6) is 0 Å². The van der Waals surface area contributed by atoms with Gasteiger partial charge in [-0.3, -0.25) is 4.79 Å². The van der Waals surface area contributed by atoms with Crippen LogP contribution in [0.25, 0.3) is 0 Å². The Bertz CT molecular complexity index is 1040. The number of hydrogen-bond donors (Lipinski definition) is 0. The number of rotatable bonds is 8. The molecule has 0 saturated carbocycles. The minimum absolute atomic E-state index is 0.0636. The SMILES string of the molecule is CCN(CC)S(=O)(=O)c1cc(C(=O)OCC(=O)c2ccc(F)c(F)c2)ccc1Cl. The van der Waals surface area contributed by atoms with Gasteiger partial charge in [0.2, 0.25) is 10.0 Å². The number of esters is 1.